The van der Waals surface area contributed by atoms with E-state index < -0.39 is 0 Å². The number of carbonyl (C=O) groups is 1. The van der Waals surface area contributed by atoms with E-state index in [1.165, 1.54) is 12.8 Å². The first-order valence-electron chi connectivity index (χ1n) is 9.38. The molecule has 1 fully saturated rings. The van der Waals surface area contributed by atoms with Crippen LogP contribution >= 0.6 is 11.3 Å². The number of anilines is 2. The molecule has 0 saturated carbocycles. The Morgan fingerprint density at radius 2 is 2.07 bits per heavy atom. The van der Waals surface area contributed by atoms with Crippen LogP contribution in [0.1, 0.15) is 23.3 Å². The van der Waals surface area contributed by atoms with Crippen molar-refractivity contribution in [2.24, 2.45) is 7.05 Å². The van der Waals surface area contributed by atoms with Crippen molar-refractivity contribution in [1.29, 1.82) is 0 Å². The fourth-order valence-corrected chi connectivity index (χ4v) is 3.93. The number of nitrogens with zero attached hydrogens (tertiary/aromatic N) is 5. The number of nitrogens with one attached hydrogen (secondary N) is 2. The van der Waals surface area contributed by atoms with Gasteiger partial charge < -0.3 is 15.5 Å². The van der Waals surface area contributed by atoms with Crippen LogP contribution in [0.3, 0.4) is 0 Å². The molecule has 1 saturated heterocycles. The van der Waals surface area contributed by atoms with E-state index in [1.807, 2.05) is 29.6 Å². The second-order valence-corrected chi connectivity index (χ2v) is 7.60. The van der Waals surface area contributed by atoms with Crippen LogP contribution in [0.2, 0.25) is 0 Å². The molecule has 4 rings (SSSR count). The normalized spacial score (nSPS) is 13.7. The van der Waals surface area contributed by atoms with E-state index in [4.69, 9.17) is 0 Å². The molecule has 0 bridgehead atoms. The van der Waals surface area contributed by atoms with Crippen molar-refractivity contribution in [3.63, 3.8) is 0 Å². The standard InChI is InChI=1S/C19H23N7OS/c1-25-15(11-14(24-25)16-5-4-10-28-16)19(27)21-7-6-20-17-12-18(23-13-22-17)26-8-2-3-9-26/h4-5,10-13H,2-3,6-9H2,1H3,(H,21,27)(H,20,22,23). The lowest BCUT2D eigenvalue weighted by Gasteiger charge is -2.16. The average molecular weight is 398 g/mol. The third-order valence-corrected chi connectivity index (χ3v) is 5.58. The SMILES string of the molecule is Cn1nc(-c2cccs2)cc1C(=O)NCCNc1cc(N2CCCC2)ncn1. The Bertz CT molecular complexity index is 932. The van der Waals surface area contributed by atoms with Crippen LogP contribution in [-0.4, -0.2) is 51.8 Å². The van der Waals surface area contributed by atoms with E-state index in [9.17, 15) is 4.79 Å². The summed E-state index contributed by atoms with van der Waals surface area (Å²) >= 11 is 1.61. The van der Waals surface area contributed by atoms with Crippen molar-refractivity contribution < 1.29 is 4.79 Å². The first-order valence-corrected chi connectivity index (χ1v) is 10.3. The molecule has 146 valence electrons. The van der Waals surface area contributed by atoms with Crippen LogP contribution in [0, 0.1) is 0 Å². The smallest absolute Gasteiger partial charge is 0.269 e. The average Bonchev–Trinajstić information content (AvgIpc) is 3.46. The molecule has 3 aromatic heterocycles. The van der Waals surface area contributed by atoms with Crippen LogP contribution in [0.15, 0.2) is 36.0 Å². The Labute approximate surface area is 167 Å². The number of hydrogen-bond acceptors (Lipinski definition) is 7. The third kappa shape index (κ3) is 4.14. The van der Waals surface area contributed by atoms with Crippen molar-refractivity contribution >= 4 is 28.9 Å². The van der Waals surface area contributed by atoms with Gasteiger partial charge in [-0.25, -0.2) is 9.97 Å². The summed E-state index contributed by atoms with van der Waals surface area (Å²) in [5.74, 6) is 1.58. The van der Waals surface area contributed by atoms with Crippen molar-refractivity contribution in [3.05, 3.63) is 41.7 Å². The van der Waals surface area contributed by atoms with E-state index in [1.54, 1.807) is 29.4 Å². The third-order valence-electron chi connectivity index (χ3n) is 4.69. The molecular formula is C19H23N7OS. The van der Waals surface area contributed by atoms with Crippen LogP contribution in [-0.2, 0) is 7.05 Å². The molecule has 0 aliphatic carbocycles. The lowest BCUT2D eigenvalue weighted by molar-refractivity contribution is 0.0946. The minimum Gasteiger partial charge on any atom is -0.368 e. The number of aryl methyl sites for hydroxylation is 1. The number of hydrogen-bond donors (Lipinski definition) is 2. The molecule has 2 N–H and O–H groups in total. The van der Waals surface area contributed by atoms with Crippen LogP contribution in [0.5, 0.6) is 0 Å². The highest BCUT2D eigenvalue weighted by atomic mass is 32.1. The molecule has 0 unspecified atom stereocenters. The van der Waals surface area contributed by atoms with Gasteiger partial charge in [0.05, 0.1) is 4.88 Å². The highest BCUT2D eigenvalue weighted by molar-refractivity contribution is 7.13. The zero-order chi connectivity index (χ0) is 19.3. The van der Waals surface area contributed by atoms with Gasteiger partial charge in [-0.15, -0.1) is 11.3 Å². The largest absolute Gasteiger partial charge is 0.368 e. The van der Waals surface area contributed by atoms with Gasteiger partial charge in [-0.1, -0.05) is 6.07 Å². The van der Waals surface area contributed by atoms with Gasteiger partial charge in [0.15, 0.2) is 0 Å². The predicted octanol–water partition coefficient (Wildman–Crippen LogP) is 2.38. The first-order chi connectivity index (χ1) is 13.7. The second-order valence-electron chi connectivity index (χ2n) is 6.65. The lowest BCUT2D eigenvalue weighted by Crippen LogP contribution is -2.30. The highest BCUT2D eigenvalue weighted by Crippen LogP contribution is 2.23. The topological polar surface area (TPSA) is 88.0 Å². The number of aromatic nitrogens is 4. The molecule has 1 aliphatic rings. The summed E-state index contributed by atoms with van der Waals surface area (Å²) in [7, 11) is 1.78. The molecule has 1 aliphatic heterocycles. The van der Waals surface area contributed by atoms with Crippen LogP contribution in [0.4, 0.5) is 11.6 Å². The molecule has 28 heavy (non-hydrogen) atoms. The quantitative estimate of drug-likeness (QED) is 0.595. The molecule has 0 spiro atoms. The Kier molecular flexibility index (Phi) is 5.52. The highest BCUT2D eigenvalue weighted by Gasteiger charge is 2.15. The zero-order valence-electron chi connectivity index (χ0n) is 15.8. The van der Waals surface area contributed by atoms with E-state index in [0.717, 1.165) is 35.3 Å². The summed E-state index contributed by atoms with van der Waals surface area (Å²) < 4.78 is 1.62. The summed E-state index contributed by atoms with van der Waals surface area (Å²) in [4.78, 5) is 24.4. The summed E-state index contributed by atoms with van der Waals surface area (Å²) in [6.45, 7) is 3.16. The maximum atomic E-state index is 12.5. The number of rotatable bonds is 7. The Morgan fingerprint density at radius 3 is 2.86 bits per heavy atom. The minimum atomic E-state index is -0.139. The van der Waals surface area contributed by atoms with E-state index in [0.29, 0.717) is 18.8 Å². The monoisotopic (exact) mass is 397 g/mol. The summed E-state index contributed by atoms with van der Waals surface area (Å²) in [6, 6.07) is 7.75. The van der Waals surface area contributed by atoms with Gasteiger partial charge in [-0.2, -0.15) is 5.10 Å². The van der Waals surface area contributed by atoms with Gasteiger partial charge in [-0.05, 0) is 30.4 Å². The van der Waals surface area contributed by atoms with Gasteiger partial charge in [-0.3, -0.25) is 9.48 Å². The molecule has 1 amide bonds. The van der Waals surface area contributed by atoms with Crippen molar-refractivity contribution in [2.75, 3.05) is 36.4 Å². The van der Waals surface area contributed by atoms with Gasteiger partial charge >= 0.3 is 0 Å². The molecule has 0 atom stereocenters. The molecular weight excluding hydrogens is 374 g/mol. The Morgan fingerprint density at radius 1 is 1.21 bits per heavy atom. The maximum absolute atomic E-state index is 12.5. The lowest BCUT2D eigenvalue weighted by atomic mass is 10.3. The fraction of sp³-hybridized carbons (Fsp3) is 0.368. The number of carbonyl (C=O) groups excluding carboxylic acids is 1. The van der Waals surface area contributed by atoms with E-state index >= 15 is 0 Å². The van der Waals surface area contributed by atoms with E-state index in [-0.39, 0.29) is 5.91 Å². The van der Waals surface area contributed by atoms with Gasteiger partial charge in [0.25, 0.3) is 5.91 Å². The van der Waals surface area contributed by atoms with Crippen molar-refractivity contribution in [2.45, 2.75) is 12.8 Å². The number of thiophene rings is 1. The van der Waals surface area contributed by atoms with Gasteiger partial charge in [0.2, 0.25) is 0 Å². The van der Waals surface area contributed by atoms with Crippen LogP contribution in [0.25, 0.3) is 10.6 Å². The zero-order valence-corrected chi connectivity index (χ0v) is 16.6. The number of amides is 1. The van der Waals surface area contributed by atoms with E-state index in [2.05, 4.69) is 30.6 Å². The molecule has 3 aromatic rings. The second kappa shape index (κ2) is 8.39. The summed E-state index contributed by atoms with van der Waals surface area (Å²) in [6.07, 6.45) is 4.00. The van der Waals surface area contributed by atoms with Gasteiger partial charge in [0.1, 0.15) is 29.4 Å². The first kappa shape index (κ1) is 18.4. The fourth-order valence-electron chi connectivity index (χ4n) is 3.24. The predicted molar refractivity (Wildman–Crippen MR) is 111 cm³/mol. The Hall–Kier alpha value is -2.94. The summed E-state index contributed by atoms with van der Waals surface area (Å²) in [5, 5.41) is 12.6. The van der Waals surface area contributed by atoms with Gasteiger partial charge in [0, 0.05) is 39.3 Å². The maximum Gasteiger partial charge on any atom is 0.269 e. The molecule has 9 heteroatoms. The minimum absolute atomic E-state index is 0.139. The molecule has 0 aromatic carbocycles. The van der Waals surface area contributed by atoms with Crippen molar-refractivity contribution in [3.8, 4) is 10.6 Å². The van der Waals surface area contributed by atoms with Crippen LogP contribution < -0.4 is 15.5 Å². The molecule has 8 nitrogen and oxygen atoms in total. The van der Waals surface area contributed by atoms with Crippen molar-refractivity contribution in [1.82, 2.24) is 25.1 Å². The molecule has 0 radical (unpaired) electrons. The molecule has 4 heterocycles. The Balaban J connectivity index is 1.29. The summed E-state index contributed by atoms with van der Waals surface area (Å²) in [5.41, 5.74) is 1.36.